The predicted molar refractivity (Wildman–Crippen MR) is 132 cm³/mol. The highest BCUT2D eigenvalue weighted by molar-refractivity contribution is 7.80. The lowest BCUT2D eigenvalue weighted by Gasteiger charge is -2.24. The van der Waals surface area contributed by atoms with E-state index in [4.69, 9.17) is 28.0 Å². The minimum absolute atomic E-state index is 0.0518. The average molecular weight is 509 g/mol. The quantitative estimate of drug-likeness (QED) is 0.0413. The molecule has 0 bridgehead atoms. The summed E-state index contributed by atoms with van der Waals surface area (Å²) in [5.74, 6) is -3.39. The first-order chi connectivity index (χ1) is 15.6. The van der Waals surface area contributed by atoms with Gasteiger partial charge in [0.15, 0.2) is 5.96 Å². The van der Waals surface area contributed by atoms with Gasteiger partial charge in [0.1, 0.15) is 18.1 Å². The van der Waals surface area contributed by atoms with Gasteiger partial charge in [-0.2, -0.15) is 25.3 Å². The third kappa shape index (κ3) is 13.2. The van der Waals surface area contributed by atoms with E-state index >= 15 is 0 Å². The van der Waals surface area contributed by atoms with Crippen molar-refractivity contribution in [3.63, 3.8) is 0 Å². The maximum absolute atomic E-state index is 12.7. The van der Waals surface area contributed by atoms with Crippen molar-refractivity contribution >= 4 is 54.9 Å². The Bertz CT molecular complexity index is 678. The summed E-state index contributed by atoms with van der Waals surface area (Å²) in [5, 5.41) is 16.5. The molecule has 33 heavy (non-hydrogen) atoms. The number of aliphatic carboxylic acids is 1. The Morgan fingerprint density at radius 1 is 0.818 bits per heavy atom. The van der Waals surface area contributed by atoms with Gasteiger partial charge >= 0.3 is 5.97 Å². The summed E-state index contributed by atoms with van der Waals surface area (Å²) >= 11 is 8.01. The van der Waals surface area contributed by atoms with E-state index in [0.717, 1.165) is 0 Å². The van der Waals surface area contributed by atoms with Gasteiger partial charge < -0.3 is 44.0 Å². The molecular weight excluding hydrogens is 472 g/mol. The highest BCUT2D eigenvalue weighted by Crippen LogP contribution is 2.04. The van der Waals surface area contributed by atoms with Crippen molar-refractivity contribution in [1.82, 2.24) is 16.0 Å². The van der Waals surface area contributed by atoms with E-state index in [1.807, 2.05) is 0 Å². The third-order valence-electron chi connectivity index (χ3n) is 4.50. The predicted octanol–water partition coefficient (Wildman–Crippen LogP) is -3.11. The molecule has 0 rings (SSSR count). The second-order valence-electron chi connectivity index (χ2n) is 7.23. The molecule has 0 aliphatic rings. The summed E-state index contributed by atoms with van der Waals surface area (Å²) in [6.07, 6.45) is 2.10. The highest BCUT2D eigenvalue weighted by atomic mass is 32.1. The molecule has 12 N–H and O–H groups in total. The van der Waals surface area contributed by atoms with Crippen LogP contribution in [0.15, 0.2) is 4.99 Å². The van der Waals surface area contributed by atoms with Gasteiger partial charge in [0.25, 0.3) is 0 Å². The Labute approximate surface area is 204 Å². The van der Waals surface area contributed by atoms with Gasteiger partial charge in [-0.1, -0.05) is 0 Å². The van der Waals surface area contributed by atoms with Crippen LogP contribution in [0.3, 0.4) is 0 Å². The molecule has 0 aromatic rings. The zero-order valence-electron chi connectivity index (χ0n) is 18.4. The molecule has 0 heterocycles. The van der Waals surface area contributed by atoms with E-state index < -0.39 is 47.9 Å². The number of rotatable bonds is 17. The molecule has 0 spiro atoms. The van der Waals surface area contributed by atoms with Gasteiger partial charge in [0.2, 0.25) is 17.7 Å². The summed E-state index contributed by atoms with van der Waals surface area (Å²) in [5.41, 5.74) is 21.8. The zero-order valence-corrected chi connectivity index (χ0v) is 20.2. The first-order valence-electron chi connectivity index (χ1n) is 10.4. The molecule has 0 aromatic carbocycles. The molecule has 4 atom stereocenters. The van der Waals surface area contributed by atoms with E-state index in [1.165, 1.54) is 0 Å². The fraction of sp³-hybridized carbons (Fsp3) is 0.722. The molecule has 0 saturated carbocycles. The van der Waals surface area contributed by atoms with Crippen LogP contribution in [0, 0.1) is 0 Å². The van der Waals surface area contributed by atoms with Crippen molar-refractivity contribution in [2.45, 2.75) is 56.3 Å². The highest BCUT2D eigenvalue weighted by Gasteiger charge is 2.29. The van der Waals surface area contributed by atoms with Crippen molar-refractivity contribution in [2.75, 3.05) is 24.6 Å². The van der Waals surface area contributed by atoms with E-state index in [2.05, 4.69) is 46.2 Å². The molecule has 0 aromatic heterocycles. The lowest BCUT2D eigenvalue weighted by atomic mass is 10.1. The number of carboxylic acid groups (broad SMARTS) is 1. The van der Waals surface area contributed by atoms with Crippen LogP contribution >= 0.6 is 25.3 Å². The monoisotopic (exact) mass is 508 g/mol. The topological polar surface area (TPSA) is 241 Å². The fourth-order valence-electron chi connectivity index (χ4n) is 2.62. The summed E-state index contributed by atoms with van der Waals surface area (Å²) in [7, 11) is 0. The molecule has 15 heteroatoms. The molecule has 0 saturated heterocycles. The van der Waals surface area contributed by atoms with Crippen LogP contribution in [0.4, 0.5) is 0 Å². The molecule has 0 radical (unpaired) electrons. The maximum atomic E-state index is 12.7. The summed E-state index contributed by atoms with van der Waals surface area (Å²) in [4.78, 5) is 52.6. The summed E-state index contributed by atoms with van der Waals surface area (Å²) in [6, 6.07) is -4.20. The Morgan fingerprint density at radius 3 is 1.88 bits per heavy atom. The minimum atomic E-state index is -1.25. The van der Waals surface area contributed by atoms with Crippen molar-refractivity contribution in [3.8, 4) is 0 Å². The molecule has 0 aliphatic heterocycles. The maximum Gasteiger partial charge on any atom is 0.327 e. The third-order valence-corrected chi connectivity index (χ3v) is 5.23. The van der Waals surface area contributed by atoms with Crippen LogP contribution in [-0.4, -0.2) is 83.5 Å². The van der Waals surface area contributed by atoms with E-state index in [0.29, 0.717) is 32.4 Å². The number of nitrogens with one attached hydrogen (secondary N) is 3. The average Bonchev–Trinajstić information content (AvgIpc) is 2.76. The lowest BCUT2D eigenvalue weighted by Crippen LogP contribution is -2.57. The lowest BCUT2D eigenvalue weighted by molar-refractivity contribution is -0.141. The number of unbranched alkanes of at least 4 members (excludes halogenated alkanes) is 1. The van der Waals surface area contributed by atoms with Crippen LogP contribution < -0.4 is 38.9 Å². The Balaban J connectivity index is 5.05. The molecule has 0 aliphatic carbocycles. The zero-order chi connectivity index (χ0) is 25.4. The number of guanidine groups is 1. The summed E-state index contributed by atoms with van der Waals surface area (Å²) in [6.45, 7) is 0.704. The van der Waals surface area contributed by atoms with Crippen LogP contribution in [0.5, 0.6) is 0 Å². The van der Waals surface area contributed by atoms with Crippen molar-refractivity contribution in [3.05, 3.63) is 0 Å². The number of nitrogens with two attached hydrogens (primary N) is 4. The Hall–Kier alpha value is -2.23. The van der Waals surface area contributed by atoms with Gasteiger partial charge in [-0.3, -0.25) is 19.4 Å². The summed E-state index contributed by atoms with van der Waals surface area (Å²) < 4.78 is 0. The first-order valence-corrected chi connectivity index (χ1v) is 11.7. The Morgan fingerprint density at radius 2 is 1.36 bits per heavy atom. The number of hydrogen-bond acceptors (Lipinski definition) is 9. The normalized spacial score (nSPS) is 14.3. The first kappa shape index (κ1) is 30.8. The van der Waals surface area contributed by atoms with Crippen LogP contribution in [0.25, 0.3) is 0 Å². The second kappa shape index (κ2) is 17.3. The van der Waals surface area contributed by atoms with Gasteiger partial charge in [0.05, 0.1) is 6.04 Å². The van der Waals surface area contributed by atoms with Gasteiger partial charge in [-0.15, -0.1) is 0 Å². The van der Waals surface area contributed by atoms with Crippen LogP contribution in [0.2, 0.25) is 0 Å². The van der Waals surface area contributed by atoms with Gasteiger partial charge in [-0.05, 0) is 38.6 Å². The van der Waals surface area contributed by atoms with Crippen molar-refractivity contribution < 1.29 is 24.3 Å². The van der Waals surface area contributed by atoms with Crippen molar-refractivity contribution in [2.24, 2.45) is 27.9 Å². The number of carbonyl (C=O) groups is 4. The molecular formula is C18H36N8O5S2. The number of thiol groups is 2. The Kier molecular flexibility index (Phi) is 16.1. The number of nitrogens with zero attached hydrogens (tertiary/aromatic N) is 1. The van der Waals surface area contributed by atoms with Crippen LogP contribution in [0.1, 0.15) is 32.1 Å². The molecule has 190 valence electrons. The molecule has 3 amide bonds. The van der Waals surface area contributed by atoms with E-state index in [-0.39, 0.29) is 30.3 Å². The number of carboxylic acids is 1. The number of hydrogen-bond donors (Lipinski definition) is 10. The molecule has 0 fully saturated rings. The van der Waals surface area contributed by atoms with E-state index in [9.17, 15) is 19.2 Å². The van der Waals surface area contributed by atoms with Gasteiger partial charge in [0, 0.05) is 18.1 Å². The standard InChI is InChI=1S/C18H36N8O5S2/c19-6-2-1-5-11(15(28)26-13(9-33)17(30)31)24-16(29)12(8-32)25-14(27)10(20)4-3-7-23-18(21)22/h10-13,32-33H,1-9,19-20H2,(H,24,29)(H,25,27)(H,26,28)(H,30,31)(H4,21,22,23). The SMILES string of the molecule is NCCCCC(NC(=O)C(CS)NC(=O)C(N)CCCN=C(N)N)C(=O)NC(CS)C(=O)O. The minimum Gasteiger partial charge on any atom is -0.480 e. The van der Waals surface area contributed by atoms with Crippen molar-refractivity contribution in [1.29, 1.82) is 0 Å². The number of carbonyl (C=O) groups excluding carboxylic acids is 3. The smallest absolute Gasteiger partial charge is 0.327 e. The largest absolute Gasteiger partial charge is 0.480 e. The van der Waals surface area contributed by atoms with E-state index in [1.54, 1.807) is 0 Å². The fourth-order valence-corrected chi connectivity index (χ4v) is 3.12. The van der Waals surface area contributed by atoms with Gasteiger partial charge in [-0.25, -0.2) is 4.79 Å². The number of aliphatic imine (C=N–C) groups is 1. The second-order valence-corrected chi connectivity index (χ2v) is 7.96. The van der Waals surface area contributed by atoms with Crippen LogP contribution in [-0.2, 0) is 19.2 Å². The number of amides is 3. The molecule has 13 nitrogen and oxygen atoms in total. The molecule has 4 unspecified atom stereocenters.